The van der Waals surface area contributed by atoms with E-state index < -0.39 is 5.97 Å². The summed E-state index contributed by atoms with van der Waals surface area (Å²) in [7, 11) is 0. The average molecular weight is 270 g/mol. The number of H-pyrrole nitrogens is 1. The molecule has 0 aliphatic carbocycles. The first-order chi connectivity index (χ1) is 8.56. The number of thiocarbonyl (C=S) groups is 1. The molecule has 0 spiro atoms. The number of aromatic nitrogens is 2. The maximum absolute atomic E-state index is 10.7. The lowest BCUT2D eigenvalue weighted by Gasteiger charge is -2.29. The first-order valence-electron chi connectivity index (χ1n) is 5.79. The molecular weight excluding hydrogens is 252 g/mol. The number of carboxylic acid groups (broad SMARTS) is 1. The Balaban J connectivity index is 2.84. The highest BCUT2D eigenvalue weighted by Crippen LogP contribution is 2.19. The number of carbonyl (C=O) groups is 1. The van der Waals surface area contributed by atoms with Crippen molar-refractivity contribution in [3.63, 3.8) is 0 Å². The van der Waals surface area contributed by atoms with Gasteiger partial charge in [0, 0.05) is 12.7 Å². The fourth-order valence-electron chi connectivity index (χ4n) is 1.84. The van der Waals surface area contributed by atoms with Crippen molar-refractivity contribution >= 4 is 23.2 Å². The zero-order chi connectivity index (χ0) is 13.5. The topological polar surface area (TPSA) is 95.2 Å². The van der Waals surface area contributed by atoms with Gasteiger partial charge in [0.2, 0.25) is 0 Å². The van der Waals surface area contributed by atoms with Crippen molar-refractivity contribution in [3.8, 4) is 0 Å². The Morgan fingerprint density at radius 2 is 2.39 bits per heavy atom. The maximum atomic E-state index is 10.7. The third-order valence-electron chi connectivity index (χ3n) is 2.57. The second-order valence-electron chi connectivity index (χ2n) is 3.99. The van der Waals surface area contributed by atoms with Crippen molar-refractivity contribution < 1.29 is 9.90 Å². The Morgan fingerprint density at radius 1 is 1.67 bits per heavy atom. The van der Waals surface area contributed by atoms with E-state index in [9.17, 15) is 4.79 Å². The van der Waals surface area contributed by atoms with E-state index in [1.54, 1.807) is 12.5 Å². The minimum atomic E-state index is -0.831. The standard InChI is InChI=1S/C11H18N4O2S/c1-2-4-15(5-3-9(16)17)10(11(12)18)8-6-13-7-14-8/h6-7,10H,2-5H2,1H3,(H2,12,18)(H,13,14)(H,16,17). The molecule has 0 aromatic carbocycles. The molecule has 1 atom stereocenters. The van der Waals surface area contributed by atoms with Gasteiger partial charge in [-0.15, -0.1) is 0 Å². The van der Waals surface area contributed by atoms with E-state index in [0.717, 1.165) is 18.7 Å². The zero-order valence-corrected chi connectivity index (χ0v) is 11.1. The Bertz CT molecular complexity index is 394. The fraction of sp³-hybridized carbons (Fsp3) is 0.545. The van der Waals surface area contributed by atoms with E-state index in [0.29, 0.717) is 11.5 Å². The molecule has 18 heavy (non-hydrogen) atoms. The molecular formula is C11H18N4O2S. The van der Waals surface area contributed by atoms with Gasteiger partial charge in [-0.3, -0.25) is 9.69 Å². The van der Waals surface area contributed by atoms with Crippen LogP contribution in [0.3, 0.4) is 0 Å². The Morgan fingerprint density at radius 3 is 2.83 bits per heavy atom. The van der Waals surface area contributed by atoms with Crippen molar-refractivity contribution in [2.75, 3.05) is 13.1 Å². The highest BCUT2D eigenvalue weighted by molar-refractivity contribution is 7.80. The van der Waals surface area contributed by atoms with Gasteiger partial charge in [0.15, 0.2) is 0 Å². The Hall–Kier alpha value is -1.47. The van der Waals surface area contributed by atoms with Gasteiger partial charge in [-0.1, -0.05) is 19.1 Å². The molecule has 0 aliphatic heterocycles. The summed E-state index contributed by atoms with van der Waals surface area (Å²) < 4.78 is 0. The summed E-state index contributed by atoms with van der Waals surface area (Å²) in [5, 5.41) is 8.77. The summed E-state index contributed by atoms with van der Waals surface area (Å²) >= 11 is 5.08. The van der Waals surface area contributed by atoms with Crippen LogP contribution in [0, 0.1) is 0 Å². The third-order valence-corrected chi connectivity index (χ3v) is 2.80. The van der Waals surface area contributed by atoms with Crippen LogP contribution in [0.25, 0.3) is 0 Å². The molecule has 1 unspecified atom stereocenters. The fourth-order valence-corrected chi connectivity index (χ4v) is 2.12. The highest BCUT2D eigenvalue weighted by Gasteiger charge is 2.24. The molecule has 0 radical (unpaired) electrons. The second kappa shape index (κ2) is 7.07. The quantitative estimate of drug-likeness (QED) is 0.608. The SMILES string of the molecule is CCCN(CCC(=O)O)C(C(N)=S)c1cnc[nH]1. The van der Waals surface area contributed by atoms with Crippen LogP contribution in [0.5, 0.6) is 0 Å². The molecule has 1 rings (SSSR count). The molecule has 0 bridgehead atoms. The monoisotopic (exact) mass is 270 g/mol. The number of hydrogen-bond acceptors (Lipinski definition) is 4. The van der Waals surface area contributed by atoms with Crippen LogP contribution in [0.1, 0.15) is 31.5 Å². The van der Waals surface area contributed by atoms with E-state index in [-0.39, 0.29) is 12.5 Å². The lowest BCUT2D eigenvalue weighted by molar-refractivity contribution is -0.137. The van der Waals surface area contributed by atoms with Crippen LogP contribution in [-0.2, 0) is 4.79 Å². The van der Waals surface area contributed by atoms with Crippen molar-refractivity contribution in [3.05, 3.63) is 18.2 Å². The first-order valence-corrected chi connectivity index (χ1v) is 6.20. The van der Waals surface area contributed by atoms with Crippen LogP contribution >= 0.6 is 12.2 Å². The molecule has 0 saturated carbocycles. The summed E-state index contributed by atoms with van der Waals surface area (Å²) in [4.78, 5) is 19.9. The lowest BCUT2D eigenvalue weighted by Crippen LogP contribution is -2.38. The summed E-state index contributed by atoms with van der Waals surface area (Å²) in [5.74, 6) is -0.831. The van der Waals surface area contributed by atoms with Crippen LogP contribution in [0.15, 0.2) is 12.5 Å². The van der Waals surface area contributed by atoms with Crippen LogP contribution in [-0.4, -0.2) is 44.0 Å². The minimum absolute atomic E-state index is 0.0627. The predicted octanol–water partition coefficient (Wildman–Crippen LogP) is 0.924. The van der Waals surface area contributed by atoms with Crippen molar-refractivity contribution in [1.82, 2.24) is 14.9 Å². The van der Waals surface area contributed by atoms with Gasteiger partial charge >= 0.3 is 5.97 Å². The third kappa shape index (κ3) is 4.08. The number of imidazole rings is 1. The largest absolute Gasteiger partial charge is 0.481 e. The molecule has 0 fully saturated rings. The van der Waals surface area contributed by atoms with Gasteiger partial charge in [-0.05, 0) is 13.0 Å². The molecule has 100 valence electrons. The molecule has 1 aromatic heterocycles. The summed E-state index contributed by atoms with van der Waals surface area (Å²) in [6.07, 6.45) is 4.18. The van der Waals surface area contributed by atoms with Crippen molar-refractivity contribution in [1.29, 1.82) is 0 Å². The van der Waals surface area contributed by atoms with Gasteiger partial charge in [-0.2, -0.15) is 0 Å². The summed E-state index contributed by atoms with van der Waals surface area (Å²) in [5.41, 5.74) is 6.55. The van der Waals surface area contributed by atoms with Gasteiger partial charge < -0.3 is 15.8 Å². The highest BCUT2D eigenvalue weighted by atomic mass is 32.1. The molecule has 7 heteroatoms. The van der Waals surface area contributed by atoms with E-state index >= 15 is 0 Å². The van der Waals surface area contributed by atoms with E-state index in [4.69, 9.17) is 23.1 Å². The van der Waals surface area contributed by atoms with Crippen LogP contribution in [0.4, 0.5) is 0 Å². The van der Waals surface area contributed by atoms with Crippen LogP contribution in [0.2, 0.25) is 0 Å². The minimum Gasteiger partial charge on any atom is -0.481 e. The van der Waals surface area contributed by atoms with Crippen molar-refractivity contribution in [2.45, 2.75) is 25.8 Å². The number of nitrogens with zero attached hydrogens (tertiary/aromatic N) is 2. The molecule has 6 nitrogen and oxygen atoms in total. The molecule has 1 heterocycles. The number of nitrogens with one attached hydrogen (secondary N) is 1. The zero-order valence-electron chi connectivity index (χ0n) is 10.3. The smallest absolute Gasteiger partial charge is 0.304 e. The van der Waals surface area contributed by atoms with Gasteiger partial charge in [0.05, 0.1) is 23.4 Å². The molecule has 0 saturated heterocycles. The molecule has 1 aromatic rings. The molecule has 4 N–H and O–H groups in total. The molecule has 0 aliphatic rings. The number of aliphatic carboxylic acids is 1. The normalized spacial score (nSPS) is 12.6. The maximum Gasteiger partial charge on any atom is 0.304 e. The van der Waals surface area contributed by atoms with E-state index in [1.807, 2.05) is 11.8 Å². The number of nitrogens with two attached hydrogens (primary N) is 1. The van der Waals surface area contributed by atoms with Gasteiger partial charge in [0.1, 0.15) is 6.04 Å². The van der Waals surface area contributed by atoms with E-state index in [1.165, 1.54) is 0 Å². The van der Waals surface area contributed by atoms with E-state index in [2.05, 4.69) is 9.97 Å². The van der Waals surface area contributed by atoms with Crippen molar-refractivity contribution in [2.24, 2.45) is 5.73 Å². The van der Waals surface area contributed by atoms with Gasteiger partial charge in [0.25, 0.3) is 0 Å². The Labute approximate surface area is 111 Å². The van der Waals surface area contributed by atoms with Crippen LogP contribution < -0.4 is 5.73 Å². The molecule has 0 amide bonds. The summed E-state index contributed by atoms with van der Waals surface area (Å²) in [6.45, 7) is 3.16. The predicted molar refractivity (Wildman–Crippen MR) is 72.2 cm³/mol. The first kappa shape index (κ1) is 14.6. The second-order valence-corrected chi connectivity index (χ2v) is 4.46. The number of aromatic amines is 1. The lowest BCUT2D eigenvalue weighted by atomic mass is 10.1. The number of rotatable bonds is 8. The summed E-state index contributed by atoms with van der Waals surface area (Å²) in [6, 6.07) is -0.290. The number of hydrogen-bond donors (Lipinski definition) is 3. The van der Waals surface area contributed by atoms with Gasteiger partial charge in [-0.25, -0.2) is 4.98 Å². The number of carboxylic acids is 1. The Kier molecular flexibility index (Phi) is 5.73. The average Bonchev–Trinajstić information content (AvgIpc) is 2.79.